The molecule has 0 aromatic carbocycles. The highest BCUT2D eigenvalue weighted by molar-refractivity contribution is 5.95. The molecule has 126 valence electrons. The van der Waals surface area contributed by atoms with Gasteiger partial charge in [0, 0.05) is 18.4 Å². The van der Waals surface area contributed by atoms with Crippen LogP contribution in [0.2, 0.25) is 0 Å². The summed E-state index contributed by atoms with van der Waals surface area (Å²) in [4.78, 5) is 43.5. The normalized spacial score (nSPS) is 21.5. The number of carboxylic acid groups (broad SMARTS) is 1. The van der Waals surface area contributed by atoms with Crippen molar-refractivity contribution >= 4 is 11.9 Å². The summed E-state index contributed by atoms with van der Waals surface area (Å²) in [7, 11) is 0. The Labute approximate surface area is 132 Å². The molecule has 1 aliphatic rings. The lowest BCUT2D eigenvalue weighted by molar-refractivity contribution is -0.149. The van der Waals surface area contributed by atoms with Gasteiger partial charge in [-0.2, -0.15) is 0 Å². The summed E-state index contributed by atoms with van der Waals surface area (Å²) in [5.74, 6) is -1.85. The monoisotopic (exact) mass is 325 g/mol. The van der Waals surface area contributed by atoms with E-state index in [0.29, 0.717) is 5.82 Å². The lowest BCUT2D eigenvalue weighted by Gasteiger charge is -2.20. The first kappa shape index (κ1) is 17.1. The summed E-state index contributed by atoms with van der Waals surface area (Å²) in [5.41, 5.74) is -3.38. The third-order valence-electron chi connectivity index (χ3n) is 3.91. The second-order valence-corrected chi connectivity index (χ2v) is 6.87. The zero-order valence-corrected chi connectivity index (χ0v) is 13.6. The van der Waals surface area contributed by atoms with Gasteiger partial charge in [-0.15, -0.1) is 0 Å². The number of aliphatic carboxylic acids is 1. The van der Waals surface area contributed by atoms with Crippen molar-refractivity contribution < 1.29 is 19.1 Å². The average Bonchev–Trinajstić information content (AvgIpc) is 2.81. The van der Waals surface area contributed by atoms with E-state index in [1.807, 2.05) is 20.8 Å². The third-order valence-corrected chi connectivity index (χ3v) is 3.91. The van der Waals surface area contributed by atoms with Crippen LogP contribution >= 0.6 is 0 Å². The van der Waals surface area contributed by atoms with E-state index in [-0.39, 0.29) is 24.2 Å². The molecular weight excluding hydrogens is 305 g/mol. The Morgan fingerprint density at radius 2 is 2.00 bits per heavy atom. The van der Waals surface area contributed by atoms with Crippen molar-refractivity contribution in [3.8, 4) is 0 Å². The molecule has 1 atom stereocenters. The first-order valence-electron chi connectivity index (χ1n) is 7.29. The number of hydrogen-bond acceptors (Lipinski definition) is 4. The number of alkyl halides is 1. The molecule has 0 radical (unpaired) electrons. The molecule has 0 aliphatic carbocycles. The molecule has 1 amide bonds. The second-order valence-electron chi connectivity index (χ2n) is 6.87. The lowest BCUT2D eigenvalue weighted by Crippen LogP contribution is -2.41. The molecule has 0 spiro atoms. The number of nitrogens with one attached hydrogen (secondary N) is 1. The SMILES string of the molecule is Cc1nc(C(C)(C)C)[nH]c(=O)c1C(=O)N1CCC(F)(C(=O)O)C1. The summed E-state index contributed by atoms with van der Waals surface area (Å²) < 4.78 is 14.1. The lowest BCUT2D eigenvalue weighted by atomic mass is 9.95. The van der Waals surface area contributed by atoms with Gasteiger partial charge in [-0.25, -0.2) is 14.2 Å². The molecule has 1 saturated heterocycles. The summed E-state index contributed by atoms with van der Waals surface area (Å²) in [5, 5.41) is 8.88. The average molecular weight is 325 g/mol. The fourth-order valence-corrected chi connectivity index (χ4v) is 2.47. The minimum Gasteiger partial charge on any atom is -0.479 e. The summed E-state index contributed by atoms with van der Waals surface area (Å²) in [6.45, 7) is 6.53. The predicted molar refractivity (Wildman–Crippen MR) is 80.3 cm³/mol. The number of amides is 1. The number of likely N-dealkylation sites (tertiary alicyclic amines) is 1. The largest absolute Gasteiger partial charge is 0.479 e. The number of aryl methyl sites for hydroxylation is 1. The molecule has 1 unspecified atom stereocenters. The van der Waals surface area contributed by atoms with Crippen molar-refractivity contribution in [1.29, 1.82) is 0 Å². The first-order valence-corrected chi connectivity index (χ1v) is 7.29. The van der Waals surface area contributed by atoms with Gasteiger partial charge in [0.15, 0.2) is 0 Å². The van der Waals surface area contributed by atoms with Crippen molar-refractivity contribution in [2.45, 2.75) is 45.2 Å². The Morgan fingerprint density at radius 3 is 2.43 bits per heavy atom. The fraction of sp³-hybridized carbons (Fsp3) is 0.600. The summed E-state index contributed by atoms with van der Waals surface area (Å²) in [6, 6.07) is 0. The van der Waals surface area contributed by atoms with E-state index in [0.717, 1.165) is 4.90 Å². The molecule has 7 nitrogen and oxygen atoms in total. The van der Waals surface area contributed by atoms with Gasteiger partial charge in [0.05, 0.1) is 12.2 Å². The van der Waals surface area contributed by atoms with Gasteiger partial charge in [-0.05, 0) is 6.92 Å². The maximum absolute atomic E-state index is 14.1. The Kier molecular flexibility index (Phi) is 4.04. The molecule has 1 aliphatic heterocycles. The van der Waals surface area contributed by atoms with Crippen LogP contribution in [0.3, 0.4) is 0 Å². The van der Waals surface area contributed by atoms with Crippen molar-refractivity contribution in [2.24, 2.45) is 0 Å². The van der Waals surface area contributed by atoms with Gasteiger partial charge >= 0.3 is 5.97 Å². The van der Waals surface area contributed by atoms with Crippen molar-refractivity contribution in [3.05, 3.63) is 27.4 Å². The molecule has 8 heteroatoms. The highest BCUT2D eigenvalue weighted by Gasteiger charge is 2.47. The number of carbonyl (C=O) groups excluding carboxylic acids is 1. The molecule has 1 aromatic rings. The van der Waals surface area contributed by atoms with Gasteiger partial charge in [0.25, 0.3) is 11.5 Å². The van der Waals surface area contributed by atoms with E-state index in [1.165, 1.54) is 6.92 Å². The molecular formula is C15H20FN3O4. The molecule has 2 rings (SSSR count). The number of rotatable bonds is 2. The van der Waals surface area contributed by atoms with Crippen LogP contribution < -0.4 is 5.56 Å². The van der Waals surface area contributed by atoms with E-state index < -0.39 is 35.1 Å². The third kappa shape index (κ3) is 3.11. The minimum absolute atomic E-state index is 0.0540. The number of halogens is 1. The zero-order valence-electron chi connectivity index (χ0n) is 13.6. The smallest absolute Gasteiger partial charge is 0.343 e. The molecule has 2 N–H and O–H groups in total. The van der Waals surface area contributed by atoms with E-state index in [9.17, 15) is 18.8 Å². The van der Waals surface area contributed by atoms with Crippen LogP contribution in [0.15, 0.2) is 4.79 Å². The second kappa shape index (κ2) is 5.43. The highest BCUT2D eigenvalue weighted by Crippen LogP contribution is 2.27. The van der Waals surface area contributed by atoms with Crippen molar-refractivity contribution in [1.82, 2.24) is 14.9 Å². The summed E-state index contributed by atoms with van der Waals surface area (Å²) >= 11 is 0. The molecule has 0 bridgehead atoms. The quantitative estimate of drug-likeness (QED) is 0.845. The number of carboxylic acids is 1. The molecule has 0 saturated carbocycles. The maximum Gasteiger partial charge on any atom is 0.343 e. The Balaban J connectivity index is 2.35. The molecule has 1 aromatic heterocycles. The number of carbonyl (C=O) groups is 2. The van der Waals surface area contributed by atoms with Crippen LogP contribution in [0, 0.1) is 6.92 Å². The number of aromatic nitrogens is 2. The van der Waals surface area contributed by atoms with Crippen LogP contribution in [-0.4, -0.2) is 50.6 Å². The minimum atomic E-state index is -2.46. The molecule has 2 heterocycles. The van der Waals surface area contributed by atoms with E-state index in [4.69, 9.17) is 5.11 Å². The van der Waals surface area contributed by atoms with Crippen LogP contribution in [0.1, 0.15) is 49.1 Å². The van der Waals surface area contributed by atoms with Crippen LogP contribution in [0.5, 0.6) is 0 Å². The highest BCUT2D eigenvalue weighted by atomic mass is 19.1. The Hall–Kier alpha value is -2.25. The van der Waals surface area contributed by atoms with E-state index >= 15 is 0 Å². The number of nitrogens with zero attached hydrogens (tertiary/aromatic N) is 2. The van der Waals surface area contributed by atoms with Crippen LogP contribution in [-0.2, 0) is 10.2 Å². The number of aromatic amines is 1. The van der Waals surface area contributed by atoms with Gasteiger partial charge in [-0.3, -0.25) is 9.59 Å². The first-order chi connectivity index (χ1) is 10.5. The van der Waals surface area contributed by atoms with Gasteiger partial charge in [-0.1, -0.05) is 20.8 Å². The van der Waals surface area contributed by atoms with Gasteiger partial charge in [0.1, 0.15) is 11.4 Å². The predicted octanol–water partition coefficient (Wildman–Crippen LogP) is 1.01. The topological polar surface area (TPSA) is 103 Å². The standard InChI is InChI=1S/C15H20FN3O4/c1-8-9(10(20)18-12(17-8)14(2,3)4)11(21)19-6-5-15(16,7-19)13(22)23/h5-7H2,1-4H3,(H,22,23)(H,17,18,20). The fourth-order valence-electron chi connectivity index (χ4n) is 2.47. The van der Waals surface area contributed by atoms with Crippen LogP contribution in [0.25, 0.3) is 0 Å². The van der Waals surface area contributed by atoms with Gasteiger partial charge < -0.3 is 15.0 Å². The zero-order chi connectivity index (χ0) is 17.6. The van der Waals surface area contributed by atoms with Gasteiger partial charge in [0.2, 0.25) is 5.67 Å². The molecule has 1 fully saturated rings. The maximum atomic E-state index is 14.1. The molecule has 23 heavy (non-hydrogen) atoms. The van der Waals surface area contributed by atoms with Crippen molar-refractivity contribution in [2.75, 3.05) is 13.1 Å². The van der Waals surface area contributed by atoms with Crippen LogP contribution in [0.4, 0.5) is 4.39 Å². The Morgan fingerprint density at radius 1 is 1.39 bits per heavy atom. The number of hydrogen-bond donors (Lipinski definition) is 2. The van der Waals surface area contributed by atoms with E-state index in [2.05, 4.69) is 9.97 Å². The van der Waals surface area contributed by atoms with E-state index in [1.54, 1.807) is 0 Å². The Bertz CT molecular complexity index is 722. The summed E-state index contributed by atoms with van der Waals surface area (Å²) in [6.07, 6.45) is -0.293. The van der Waals surface area contributed by atoms with Crippen molar-refractivity contribution in [3.63, 3.8) is 0 Å². The number of H-pyrrole nitrogens is 1.